The maximum atomic E-state index is 13.6. The average Bonchev–Trinajstić information content (AvgIpc) is 2.37. The van der Waals surface area contributed by atoms with Crippen LogP contribution in [0.1, 0.15) is 25.8 Å². The monoisotopic (exact) mass is 269 g/mol. The summed E-state index contributed by atoms with van der Waals surface area (Å²) in [6.07, 6.45) is 0.684. The summed E-state index contributed by atoms with van der Waals surface area (Å²) in [5.74, 6) is -0.167. The van der Waals surface area contributed by atoms with Crippen molar-refractivity contribution < 1.29 is 14.2 Å². The second kappa shape index (κ2) is 6.35. The van der Waals surface area contributed by atoms with Crippen LogP contribution in [0.25, 0.3) is 0 Å². The molecule has 4 heteroatoms. The van der Waals surface area contributed by atoms with Gasteiger partial charge < -0.3 is 14.7 Å². The second-order valence-electron chi connectivity index (χ2n) is 5.29. The third-order valence-corrected chi connectivity index (χ3v) is 4.10. The Labute approximate surface area is 115 Å². The van der Waals surface area contributed by atoms with Crippen LogP contribution in [0.2, 0.25) is 0 Å². The Morgan fingerprint density at radius 1 is 1.42 bits per heavy atom. The molecule has 1 aromatic carbocycles. The third-order valence-electron chi connectivity index (χ3n) is 4.10. The number of methoxy groups -OCH3 is 1. The first-order chi connectivity index (χ1) is 8.85. The number of aliphatic hydroxyl groups is 1. The number of likely N-dealkylation sites (N-methyl/N-ethyl adjacent to an activating group) is 1. The van der Waals surface area contributed by atoms with Gasteiger partial charge in [0, 0.05) is 12.0 Å². The Hall–Kier alpha value is -1.13. The lowest BCUT2D eigenvalue weighted by atomic mass is 9.86. The van der Waals surface area contributed by atoms with Gasteiger partial charge in [0.1, 0.15) is 0 Å². The highest BCUT2D eigenvalue weighted by molar-refractivity contribution is 5.29. The van der Waals surface area contributed by atoms with Crippen molar-refractivity contribution in [2.75, 3.05) is 21.2 Å². The van der Waals surface area contributed by atoms with Gasteiger partial charge in [-0.25, -0.2) is 4.39 Å². The third kappa shape index (κ3) is 3.45. The fourth-order valence-electron chi connectivity index (χ4n) is 2.13. The fraction of sp³-hybridized carbons (Fsp3) is 0.600. The zero-order valence-electron chi connectivity index (χ0n) is 12.4. The minimum Gasteiger partial charge on any atom is -0.494 e. The molecule has 0 spiro atoms. The maximum absolute atomic E-state index is 13.6. The summed E-state index contributed by atoms with van der Waals surface area (Å²) in [5.41, 5.74) is 0.448. The molecule has 0 heterocycles. The number of benzene rings is 1. The van der Waals surface area contributed by atoms with Crippen LogP contribution >= 0.6 is 0 Å². The van der Waals surface area contributed by atoms with Gasteiger partial charge in [0.2, 0.25) is 0 Å². The number of nitrogens with zero attached hydrogens (tertiary/aromatic N) is 1. The van der Waals surface area contributed by atoms with E-state index in [1.165, 1.54) is 13.2 Å². The highest BCUT2D eigenvalue weighted by Gasteiger charge is 2.33. The Bertz CT molecular complexity index is 423. The minimum atomic E-state index is -0.555. The van der Waals surface area contributed by atoms with Crippen LogP contribution in [0, 0.1) is 5.82 Å². The zero-order valence-corrected chi connectivity index (χ0v) is 12.4. The first-order valence-electron chi connectivity index (χ1n) is 6.53. The number of aliphatic hydroxyl groups excluding tert-OH is 1. The van der Waals surface area contributed by atoms with E-state index in [0.29, 0.717) is 6.42 Å². The van der Waals surface area contributed by atoms with E-state index in [1.54, 1.807) is 12.1 Å². The fourth-order valence-corrected chi connectivity index (χ4v) is 2.13. The lowest BCUT2D eigenvalue weighted by molar-refractivity contribution is 0.00297. The molecule has 0 aliphatic heterocycles. The van der Waals surface area contributed by atoms with Crippen LogP contribution in [0.4, 0.5) is 4.39 Å². The van der Waals surface area contributed by atoms with Gasteiger partial charge in [0.05, 0.1) is 13.2 Å². The largest absolute Gasteiger partial charge is 0.494 e. The van der Waals surface area contributed by atoms with Crippen LogP contribution < -0.4 is 4.74 Å². The van der Waals surface area contributed by atoms with E-state index >= 15 is 0 Å². The van der Waals surface area contributed by atoms with E-state index in [1.807, 2.05) is 32.8 Å². The van der Waals surface area contributed by atoms with Crippen molar-refractivity contribution >= 4 is 0 Å². The highest BCUT2D eigenvalue weighted by Crippen LogP contribution is 2.25. The summed E-state index contributed by atoms with van der Waals surface area (Å²) in [6, 6.07) is 4.81. The quantitative estimate of drug-likeness (QED) is 0.861. The molecule has 2 unspecified atom stereocenters. The van der Waals surface area contributed by atoms with Gasteiger partial charge in [0.15, 0.2) is 11.6 Å². The molecule has 0 radical (unpaired) electrons. The standard InChI is InChI=1S/C15H24FNO2/c1-6-15(2,17(3)4)14(18)10-11-7-8-13(19-5)12(16)9-11/h7-9,14,18H,6,10H2,1-5H3. The molecular formula is C15H24FNO2. The summed E-state index contributed by atoms with van der Waals surface area (Å²) < 4.78 is 18.5. The van der Waals surface area contributed by atoms with Crippen molar-refractivity contribution in [1.82, 2.24) is 4.90 Å². The van der Waals surface area contributed by atoms with E-state index in [2.05, 4.69) is 0 Å². The molecule has 0 amide bonds. The van der Waals surface area contributed by atoms with Crippen LogP contribution in [0.5, 0.6) is 5.75 Å². The molecule has 0 saturated carbocycles. The first kappa shape index (κ1) is 15.9. The summed E-state index contributed by atoms with van der Waals surface area (Å²) in [6.45, 7) is 4.05. The molecule has 0 fully saturated rings. The molecular weight excluding hydrogens is 245 g/mol. The lowest BCUT2D eigenvalue weighted by Gasteiger charge is -2.40. The van der Waals surface area contributed by atoms with Gasteiger partial charge in [-0.05, 0) is 45.1 Å². The van der Waals surface area contributed by atoms with E-state index in [0.717, 1.165) is 12.0 Å². The van der Waals surface area contributed by atoms with Crippen LogP contribution in [-0.4, -0.2) is 42.9 Å². The average molecular weight is 269 g/mol. The van der Waals surface area contributed by atoms with Gasteiger partial charge in [0.25, 0.3) is 0 Å². The smallest absolute Gasteiger partial charge is 0.165 e. The van der Waals surface area contributed by atoms with E-state index in [-0.39, 0.29) is 11.3 Å². The van der Waals surface area contributed by atoms with Crippen molar-refractivity contribution in [3.8, 4) is 5.75 Å². The summed E-state index contributed by atoms with van der Waals surface area (Å²) in [4.78, 5) is 2.01. The van der Waals surface area contributed by atoms with Crippen LogP contribution in [0.15, 0.2) is 18.2 Å². The van der Waals surface area contributed by atoms with E-state index < -0.39 is 11.9 Å². The molecule has 3 nitrogen and oxygen atoms in total. The van der Waals surface area contributed by atoms with Crippen molar-refractivity contribution in [3.05, 3.63) is 29.6 Å². The van der Waals surface area contributed by atoms with Gasteiger partial charge in [-0.2, -0.15) is 0 Å². The predicted octanol–water partition coefficient (Wildman–Crippen LogP) is 2.47. The summed E-state index contributed by atoms with van der Waals surface area (Å²) in [5, 5.41) is 10.4. The van der Waals surface area contributed by atoms with Crippen LogP contribution in [0.3, 0.4) is 0 Å². The first-order valence-corrected chi connectivity index (χ1v) is 6.53. The Kier molecular flexibility index (Phi) is 5.32. The number of rotatable bonds is 6. The number of ether oxygens (including phenoxy) is 1. The summed E-state index contributed by atoms with van der Waals surface area (Å²) >= 11 is 0. The van der Waals surface area contributed by atoms with Crippen molar-refractivity contribution in [2.24, 2.45) is 0 Å². The SMILES string of the molecule is CCC(C)(C(O)Cc1ccc(OC)c(F)c1)N(C)C. The van der Waals surface area contributed by atoms with E-state index in [4.69, 9.17) is 4.74 Å². The van der Waals surface area contributed by atoms with Crippen molar-refractivity contribution in [3.63, 3.8) is 0 Å². The molecule has 19 heavy (non-hydrogen) atoms. The Morgan fingerprint density at radius 2 is 2.05 bits per heavy atom. The van der Waals surface area contributed by atoms with Crippen molar-refractivity contribution in [1.29, 1.82) is 0 Å². The lowest BCUT2D eigenvalue weighted by Crippen LogP contribution is -2.51. The number of halogens is 1. The molecule has 0 aliphatic carbocycles. The number of hydrogen-bond acceptors (Lipinski definition) is 3. The maximum Gasteiger partial charge on any atom is 0.165 e. The van der Waals surface area contributed by atoms with Crippen LogP contribution in [-0.2, 0) is 6.42 Å². The highest BCUT2D eigenvalue weighted by atomic mass is 19.1. The summed E-state index contributed by atoms with van der Waals surface area (Å²) in [7, 11) is 5.33. The van der Waals surface area contributed by atoms with Gasteiger partial charge >= 0.3 is 0 Å². The molecule has 1 N–H and O–H groups in total. The zero-order chi connectivity index (χ0) is 14.6. The predicted molar refractivity (Wildman–Crippen MR) is 75.0 cm³/mol. The van der Waals surface area contributed by atoms with E-state index in [9.17, 15) is 9.50 Å². The molecule has 0 aromatic heterocycles. The van der Waals surface area contributed by atoms with Gasteiger partial charge in [-0.15, -0.1) is 0 Å². The topological polar surface area (TPSA) is 32.7 Å². The van der Waals surface area contributed by atoms with Gasteiger partial charge in [-0.1, -0.05) is 13.0 Å². The molecule has 0 bridgehead atoms. The minimum absolute atomic E-state index is 0.226. The molecule has 2 atom stereocenters. The Morgan fingerprint density at radius 3 is 2.47 bits per heavy atom. The molecule has 0 aliphatic rings. The Balaban J connectivity index is 2.87. The molecule has 1 rings (SSSR count). The number of hydrogen-bond donors (Lipinski definition) is 1. The normalized spacial score (nSPS) is 16.2. The molecule has 1 aromatic rings. The van der Waals surface area contributed by atoms with Crippen molar-refractivity contribution in [2.45, 2.75) is 38.3 Å². The second-order valence-corrected chi connectivity index (χ2v) is 5.29. The molecule has 108 valence electrons. The van der Waals surface area contributed by atoms with Gasteiger partial charge in [-0.3, -0.25) is 0 Å². The molecule has 0 saturated heterocycles.